The molecule has 0 spiro atoms. The Morgan fingerprint density at radius 3 is 2.64 bits per heavy atom. The van der Waals surface area contributed by atoms with Gasteiger partial charge in [0.25, 0.3) is 0 Å². The smallest absolute Gasteiger partial charge is 0.0574 e. The van der Waals surface area contributed by atoms with Crippen LogP contribution in [0.3, 0.4) is 0 Å². The first-order valence-corrected chi connectivity index (χ1v) is 5.63. The second kappa shape index (κ2) is 4.13. The number of benzene rings is 1. The minimum absolute atomic E-state index is 0.116. The van der Waals surface area contributed by atoms with Crippen LogP contribution in [-0.2, 0) is 0 Å². The highest BCUT2D eigenvalue weighted by Crippen LogP contribution is 2.27. The van der Waals surface area contributed by atoms with Gasteiger partial charge in [0.05, 0.1) is 6.04 Å². The topological polar surface area (TPSA) is 26.0 Å². The molecule has 0 fully saturated rings. The second-order valence-electron chi connectivity index (χ2n) is 3.06. The molecule has 0 aliphatic rings. The van der Waals surface area contributed by atoms with E-state index in [0.717, 1.165) is 16.1 Å². The predicted octanol–water partition coefficient (Wildman–Crippen LogP) is 3.45. The van der Waals surface area contributed by atoms with Gasteiger partial charge in [-0.05, 0) is 34.0 Å². The van der Waals surface area contributed by atoms with E-state index in [2.05, 4.69) is 0 Å². The van der Waals surface area contributed by atoms with E-state index in [0.29, 0.717) is 0 Å². The zero-order valence-corrected chi connectivity index (χ0v) is 9.05. The molecule has 0 aliphatic heterocycles. The minimum atomic E-state index is -0.116. The van der Waals surface area contributed by atoms with Crippen molar-refractivity contribution in [2.75, 3.05) is 0 Å². The second-order valence-corrected chi connectivity index (χ2v) is 4.24. The van der Waals surface area contributed by atoms with Crippen LogP contribution in [0.4, 0.5) is 0 Å². The first-order valence-electron chi connectivity index (χ1n) is 4.31. The number of hydrogen-bond acceptors (Lipinski definition) is 2. The van der Waals surface area contributed by atoms with E-state index in [9.17, 15) is 0 Å². The summed E-state index contributed by atoms with van der Waals surface area (Å²) in [5.41, 5.74) is 8.18. The monoisotopic (exact) mass is 223 g/mol. The van der Waals surface area contributed by atoms with E-state index >= 15 is 0 Å². The lowest BCUT2D eigenvalue weighted by molar-refractivity contribution is 0.877. The third-order valence-corrected chi connectivity index (χ3v) is 3.19. The summed E-state index contributed by atoms with van der Waals surface area (Å²) in [7, 11) is 0. The third-order valence-electron chi connectivity index (χ3n) is 2.14. The van der Waals surface area contributed by atoms with E-state index in [1.54, 1.807) is 11.3 Å². The Morgan fingerprint density at radius 1 is 1.21 bits per heavy atom. The molecule has 72 valence electrons. The van der Waals surface area contributed by atoms with Crippen LogP contribution >= 0.6 is 22.9 Å². The third kappa shape index (κ3) is 1.82. The minimum Gasteiger partial charge on any atom is -0.320 e. The molecule has 0 aliphatic carbocycles. The van der Waals surface area contributed by atoms with E-state index in [4.69, 9.17) is 17.3 Å². The van der Waals surface area contributed by atoms with Crippen molar-refractivity contribution in [1.29, 1.82) is 0 Å². The summed E-state index contributed by atoms with van der Waals surface area (Å²) >= 11 is 7.70. The first-order chi connectivity index (χ1) is 6.79. The average molecular weight is 224 g/mol. The molecule has 0 amide bonds. The predicted molar refractivity (Wildman–Crippen MR) is 61.8 cm³/mol. The molecular formula is C11H10ClNS. The summed E-state index contributed by atoms with van der Waals surface area (Å²) in [5.74, 6) is 0. The number of thiophene rings is 1. The Labute approximate surface area is 92.1 Å². The summed E-state index contributed by atoms with van der Waals surface area (Å²) in [6.07, 6.45) is 0. The van der Waals surface area contributed by atoms with E-state index in [-0.39, 0.29) is 6.04 Å². The van der Waals surface area contributed by atoms with Crippen LogP contribution in [-0.4, -0.2) is 0 Å². The van der Waals surface area contributed by atoms with Crippen molar-refractivity contribution >= 4 is 22.9 Å². The molecule has 1 aromatic heterocycles. The fourth-order valence-corrected chi connectivity index (χ4v) is 2.31. The Morgan fingerprint density at radius 2 is 2.00 bits per heavy atom. The molecule has 1 unspecified atom stereocenters. The van der Waals surface area contributed by atoms with Crippen LogP contribution < -0.4 is 5.73 Å². The Balaban J connectivity index is 2.37. The van der Waals surface area contributed by atoms with E-state index in [1.165, 1.54) is 0 Å². The molecule has 0 bridgehead atoms. The lowest BCUT2D eigenvalue weighted by Crippen LogP contribution is -2.11. The molecule has 1 heterocycles. The molecule has 14 heavy (non-hydrogen) atoms. The largest absolute Gasteiger partial charge is 0.320 e. The zero-order chi connectivity index (χ0) is 9.97. The van der Waals surface area contributed by atoms with Crippen LogP contribution in [0.1, 0.15) is 17.2 Å². The summed E-state index contributed by atoms with van der Waals surface area (Å²) in [4.78, 5) is 0. The molecule has 0 saturated heterocycles. The average Bonchev–Trinajstić information content (AvgIpc) is 2.70. The molecule has 2 aromatic rings. The Kier molecular flexibility index (Phi) is 2.87. The SMILES string of the molecule is NC(c1ccsc1)c1ccccc1Cl. The van der Waals surface area contributed by atoms with Crippen LogP contribution in [0, 0.1) is 0 Å². The molecule has 1 atom stereocenters. The quantitative estimate of drug-likeness (QED) is 0.829. The van der Waals surface area contributed by atoms with E-state index in [1.807, 2.05) is 41.1 Å². The summed E-state index contributed by atoms with van der Waals surface area (Å²) in [6.45, 7) is 0. The molecule has 1 aromatic carbocycles. The van der Waals surface area contributed by atoms with Crippen LogP contribution in [0.25, 0.3) is 0 Å². The summed E-state index contributed by atoms with van der Waals surface area (Å²) in [5, 5.41) is 4.80. The summed E-state index contributed by atoms with van der Waals surface area (Å²) < 4.78 is 0. The molecule has 0 saturated carbocycles. The molecule has 3 heteroatoms. The van der Waals surface area contributed by atoms with Gasteiger partial charge in [0.15, 0.2) is 0 Å². The van der Waals surface area contributed by atoms with Crippen molar-refractivity contribution in [3.63, 3.8) is 0 Å². The standard InChI is InChI=1S/C11H10ClNS/c12-10-4-2-1-3-9(10)11(13)8-5-6-14-7-8/h1-7,11H,13H2. The van der Waals surface area contributed by atoms with Gasteiger partial charge in [0, 0.05) is 5.02 Å². The fraction of sp³-hybridized carbons (Fsp3) is 0.0909. The lowest BCUT2D eigenvalue weighted by atomic mass is 10.0. The highest BCUT2D eigenvalue weighted by atomic mass is 35.5. The van der Waals surface area contributed by atoms with E-state index < -0.39 is 0 Å². The van der Waals surface area contributed by atoms with Crippen LogP contribution in [0.2, 0.25) is 5.02 Å². The molecular weight excluding hydrogens is 214 g/mol. The molecule has 0 radical (unpaired) electrons. The van der Waals surface area contributed by atoms with Gasteiger partial charge in [-0.25, -0.2) is 0 Å². The van der Waals surface area contributed by atoms with Gasteiger partial charge in [-0.2, -0.15) is 11.3 Å². The lowest BCUT2D eigenvalue weighted by Gasteiger charge is -2.11. The maximum atomic E-state index is 6.08. The number of hydrogen-bond donors (Lipinski definition) is 1. The van der Waals surface area contributed by atoms with Gasteiger partial charge in [0.2, 0.25) is 0 Å². The number of rotatable bonds is 2. The molecule has 2 rings (SSSR count). The molecule has 2 N–H and O–H groups in total. The number of halogens is 1. The summed E-state index contributed by atoms with van der Waals surface area (Å²) in [6, 6.07) is 9.60. The maximum absolute atomic E-state index is 6.08. The van der Waals surface area contributed by atoms with Gasteiger partial charge >= 0.3 is 0 Å². The van der Waals surface area contributed by atoms with Crippen molar-refractivity contribution in [2.45, 2.75) is 6.04 Å². The van der Waals surface area contributed by atoms with Gasteiger partial charge in [-0.15, -0.1) is 0 Å². The number of nitrogens with two attached hydrogens (primary N) is 1. The Hall–Kier alpha value is -0.830. The van der Waals surface area contributed by atoms with Crippen molar-refractivity contribution in [3.8, 4) is 0 Å². The van der Waals surface area contributed by atoms with Crippen LogP contribution in [0.5, 0.6) is 0 Å². The maximum Gasteiger partial charge on any atom is 0.0574 e. The van der Waals surface area contributed by atoms with Gasteiger partial charge < -0.3 is 5.73 Å². The zero-order valence-electron chi connectivity index (χ0n) is 7.48. The van der Waals surface area contributed by atoms with Crippen LogP contribution in [0.15, 0.2) is 41.1 Å². The van der Waals surface area contributed by atoms with Crippen molar-refractivity contribution in [1.82, 2.24) is 0 Å². The van der Waals surface area contributed by atoms with Crippen molar-refractivity contribution in [2.24, 2.45) is 5.73 Å². The highest BCUT2D eigenvalue weighted by Gasteiger charge is 2.11. The van der Waals surface area contributed by atoms with Crippen molar-refractivity contribution < 1.29 is 0 Å². The van der Waals surface area contributed by atoms with Gasteiger partial charge in [-0.1, -0.05) is 29.8 Å². The van der Waals surface area contributed by atoms with Crippen molar-refractivity contribution in [3.05, 3.63) is 57.2 Å². The van der Waals surface area contributed by atoms with Gasteiger partial charge in [-0.3, -0.25) is 0 Å². The Bertz CT molecular complexity index is 411. The van der Waals surface area contributed by atoms with Gasteiger partial charge in [0.1, 0.15) is 0 Å². The fourth-order valence-electron chi connectivity index (χ4n) is 1.36. The first kappa shape index (κ1) is 9.71. The molecule has 1 nitrogen and oxygen atoms in total. The normalized spacial score (nSPS) is 12.7. The highest BCUT2D eigenvalue weighted by molar-refractivity contribution is 7.08.